The van der Waals surface area contributed by atoms with Crippen LogP contribution in [0, 0.1) is 0 Å². The van der Waals surface area contributed by atoms with Crippen LogP contribution in [-0.2, 0) is 38.6 Å². The number of aromatic nitrogens is 3. The summed E-state index contributed by atoms with van der Waals surface area (Å²) in [6.07, 6.45) is 9.79. The van der Waals surface area contributed by atoms with Crippen LogP contribution in [0.1, 0.15) is 89.8 Å². The summed E-state index contributed by atoms with van der Waals surface area (Å²) in [6.45, 7) is 7.80. The number of rotatable bonds is 15. The number of aryl methyl sites for hydroxylation is 1. The predicted molar refractivity (Wildman–Crippen MR) is 155 cm³/mol. The molecule has 1 fully saturated rings. The van der Waals surface area contributed by atoms with Crippen molar-refractivity contribution in [2.24, 2.45) is 0 Å². The molecule has 1 aliphatic carbocycles. The first-order valence-corrected chi connectivity index (χ1v) is 14.7. The van der Waals surface area contributed by atoms with Gasteiger partial charge in [0, 0.05) is 18.5 Å². The zero-order valence-electron chi connectivity index (χ0n) is 24.7. The zero-order chi connectivity index (χ0) is 29.8. The van der Waals surface area contributed by atoms with E-state index in [2.05, 4.69) is 5.10 Å². The normalized spacial score (nSPS) is 14.0. The molecule has 41 heavy (non-hydrogen) atoms. The maximum atomic E-state index is 13.3. The summed E-state index contributed by atoms with van der Waals surface area (Å²) >= 11 is 0. The van der Waals surface area contributed by atoms with Crippen molar-refractivity contribution in [3.8, 4) is 5.75 Å². The van der Waals surface area contributed by atoms with Gasteiger partial charge in [0.1, 0.15) is 11.4 Å². The van der Waals surface area contributed by atoms with Crippen LogP contribution in [0.25, 0.3) is 0 Å². The molecule has 10 heteroatoms. The second-order valence-corrected chi connectivity index (χ2v) is 10.7. The van der Waals surface area contributed by atoms with E-state index in [1.807, 2.05) is 24.3 Å². The number of benzene rings is 1. The molecule has 1 aliphatic rings. The van der Waals surface area contributed by atoms with Gasteiger partial charge in [0.05, 0.1) is 19.8 Å². The first kappa shape index (κ1) is 31.8. The van der Waals surface area contributed by atoms with E-state index in [1.54, 1.807) is 27.7 Å². The van der Waals surface area contributed by atoms with Gasteiger partial charge in [-0.05, 0) is 77.5 Å². The van der Waals surface area contributed by atoms with Gasteiger partial charge in [-0.1, -0.05) is 37.5 Å². The van der Waals surface area contributed by atoms with Gasteiger partial charge < -0.3 is 14.2 Å². The van der Waals surface area contributed by atoms with Gasteiger partial charge in [0.25, 0.3) is 5.56 Å². The smallest absolute Gasteiger partial charge is 0.349 e. The van der Waals surface area contributed by atoms with Crippen LogP contribution < -0.4 is 16.0 Å². The van der Waals surface area contributed by atoms with Crippen LogP contribution >= 0.6 is 0 Å². The van der Waals surface area contributed by atoms with Crippen LogP contribution in [0.2, 0.25) is 0 Å². The monoisotopic (exact) mass is 569 g/mol. The van der Waals surface area contributed by atoms with Gasteiger partial charge in [0.2, 0.25) is 0 Å². The number of allylic oxidation sites excluding steroid dienone is 1. The number of unbranched alkanes of at least 4 members (excludes halogenated alkanes) is 2. The number of carbonyl (C=O) groups excluding carboxylic acids is 2. The molecule has 1 aromatic carbocycles. The third-order valence-corrected chi connectivity index (χ3v) is 7.09. The molecule has 0 N–H and O–H groups in total. The highest BCUT2D eigenvalue weighted by molar-refractivity contribution is 5.81. The number of carbonyl (C=O) groups is 2. The second-order valence-electron chi connectivity index (χ2n) is 10.7. The highest BCUT2D eigenvalue weighted by atomic mass is 16.6. The summed E-state index contributed by atoms with van der Waals surface area (Å²) in [6, 6.07) is 7.64. The van der Waals surface area contributed by atoms with E-state index in [9.17, 15) is 19.2 Å². The summed E-state index contributed by atoms with van der Waals surface area (Å²) in [5.41, 5.74) is -0.358. The number of ether oxygens (including phenoxy) is 3. The van der Waals surface area contributed by atoms with Gasteiger partial charge in [-0.2, -0.15) is 5.10 Å². The molecule has 0 radical (unpaired) electrons. The Morgan fingerprint density at radius 2 is 1.78 bits per heavy atom. The van der Waals surface area contributed by atoms with E-state index >= 15 is 0 Å². The van der Waals surface area contributed by atoms with E-state index in [0.717, 1.165) is 50.5 Å². The Kier molecular flexibility index (Phi) is 11.9. The van der Waals surface area contributed by atoms with E-state index in [4.69, 9.17) is 14.2 Å². The highest BCUT2D eigenvalue weighted by Gasteiger charge is 2.31. The summed E-state index contributed by atoms with van der Waals surface area (Å²) in [5.74, 6) is -0.245. The van der Waals surface area contributed by atoms with Gasteiger partial charge in [0.15, 0.2) is 5.60 Å². The highest BCUT2D eigenvalue weighted by Crippen LogP contribution is 2.31. The average molecular weight is 570 g/mol. The van der Waals surface area contributed by atoms with Crippen LogP contribution in [-0.4, -0.2) is 45.1 Å². The van der Waals surface area contributed by atoms with Gasteiger partial charge in [-0.15, -0.1) is 0 Å². The van der Waals surface area contributed by atoms with Crippen molar-refractivity contribution >= 4 is 11.9 Å². The topological polar surface area (TPSA) is 119 Å². The standard InChI is InChI=1S/C31H43N3O7/c1-5-39-26(35)19-13-21-34-30(38)33(28(36)27(32-34)24-16-9-10-17-24)20-11-7-8-14-23-15-12-18-25(22-23)41-31(3,4)29(37)40-6-2/h12-13,15,18-19,22,24H,5-11,14,16-17,20-21H2,1-4H3. The van der Waals surface area contributed by atoms with Crippen molar-refractivity contribution in [1.29, 1.82) is 0 Å². The van der Waals surface area contributed by atoms with Crippen molar-refractivity contribution < 1.29 is 23.8 Å². The third-order valence-electron chi connectivity index (χ3n) is 7.09. The molecule has 224 valence electrons. The lowest BCUT2D eigenvalue weighted by atomic mass is 10.0. The Morgan fingerprint density at radius 3 is 2.49 bits per heavy atom. The molecule has 0 aliphatic heterocycles. The van der Waals surface area contributed by atoms with Gasteiger partial charge >= 0.3 is 17.6 Å². The fraction of sp³-hybridized carbons (Fsp3) is 0.581. The van der Waals surface area contributed by atoms with Gasteiger partial charge in [-0.25, -0.2) is 19.1 Å². The Balaban J connectivity index is 1.63. The summed E-state index contributed by atoms with van der Waals surface area (Å²) in [7, 11) is 0. The lowest BCUT2D eigenvalue weighted by Gasteiger charge is -2.24. The minimum atomic E-state index is -1.09. The number of nitrogens with zero attached hydrogens (tertiary/aromatic N) is 3. The van der Waals surface area contributed by atoms with Crippen molar-refractivity contribution in [2.45, 2.75) is 104 Å². The second kappa shape index (κ2) is 15.3. The Hall–Kier alpha value is -3.69. The Morgan fingerprint density at radius 1 is 1.05 bits per heavy atom. The van der Waals surface area contributed by atoms with Crippen molar-refractivity contribution in [3.63, 3.8) is 0 Å². The summed E-state index contributed by atoms with van der Waals surface area (Å²) in [5, 5.41) is 4.42. The first-order valence-electron chi connectivity index (χ1n) is 14.7. The fourth-order valence-corrected chi connectivity index (χ4v) is 4.97. The van der Waals surface area contributed by atoms with Crippen molar-refractivity contribution in [2.75, 3.05) is 13.2 Å². The SMILES string of the molecule is CCOC(=O)C=CCn1nc(C2CCCC2)c(=O)n(CCCCCc2cccc(OC(C)(C)C(=O)OCC)c2)c1=O. The van der Waals surface area contributed by atoms with E-state index in [0.29, 0.717) is 31.0 Å². The molecule has 10 nitrogen and oxygen atoms in total. The zero-order valence-corrected chi connectivity index (χ0v) is 24.7. The lowest BCUT2D eigenvalue weighted by Crippen LogP contribution is -2.44. The molecule has 0 bridgehead atoms. The van der Waals surface area contributed by atoms with Crippen LogP contribution in [0.4, 0.5) is 0 Å². The van der Waals surface area contributed by atoms with E-state index in [-0.39, 0.29) is 24.6 Å². The maximum Gasteiger partial charge on any atom is 0.349 e. The number of esters is 2. The lowest BCUT2D eigenvalue weighted by molar-refractivity contribution is -0.158. The number of hydrogen-bond acceptors (Lipinski definition) is 8. The Labute approximate surface area is 241 Å². The van der Waals surface area contributed by atoms with Crippen LogP contribution in [0.15, 0.2) is 46.0 Å². The first-order chi connectivity index (χ1) is 19.7. The summed E-state index contributed by atoms with van der Waals surface area (Å²) in [4.78, 5) is 50.2. The molecule has 0 amide bonds. The molecule has 0 saturated heterocycles. The molecule has 1 aromatic heterocycles. The minimum absolute atomic E-state index is 0.0536. The fourth-order valence-electron chi connectivity index (χ4n) is 4.97. The molecule has 1 heterocycles. The molecule has 0 spiro atoms. The van der Waals surface area contributed by atoms with E-state index in [1.165, 1.54) is 21.4 Å². The maximum absolute atomic E-state index is 13.3. The van der Waals surface area contributed by atoms with Crippen molar-refractivity contribution in [1.82, 2.24) is 14.3 Å². The molecule has 3 rings (SSSR count). The quantitative estimate of drug-likeness (QED) is 0.177. The Bertz CT molecular complexity index is 1320. The summed E-state index contributed by atoms with van der Waals surface area (Å²) < 4.78 is 18.5. The number of hydrogen-bond donors (Lipinski definition) is 0. The minimum Gasteiger partial charge on any atom is -0.476 e. The molecule has 1 saturated carbocycles. The molecular weight excluding hydrogens is 526 g/mol. The molecule has 0 unspecified atom stereocenters. The van der Waals surface area contributed by atoms with Crippen LogP contribution in [0.3, 0.4) is 0 Å². The van der Waals surface area contributed by atoms with E-state index < -0.39 is 23.2 Å². The average Bonchev–Trinajstić information content (AvgIpc) is 3.46. The molecule has 2 aromatic rings. The predicted octanol–water partition coefficient (Wildman–Crippen LogP) is 4.32. The third kappa shape index (κ3) is 9.16. The molecular formula is C31H43N3O7. The molecule has 0 atom stereocenters. The van der Waals surface area contributed by atoms with Gasteiger partial charge in [-0.3, -0.25) is 9.36 Å². The van der Waals surface area contributed by atoms with Crippen LogP contribution in [0.5, 0.6) is 5.75 Å². The largest absolute Gasteiger partial charge is 0.476 e. The van der Waals surface area contributed by atoms with Crippen molar-refractivity contribution in [3.05, 3.63) is 68.5 Å².